The highest BCUT2D eigenvalue weighted by atomic mass is 32.1. The molecule has 21 heavy (non-hydrogen) atoms. The number of aromatic nitrogens is 1. The second-order valence-electron chi connectivity index (χ2n) is 5.58. The number of nitrogens with zero attached hydrogens (tertiary/aromatic N) is 2. The number of benzene rings is 1. The summed E-state index contributed by atoms with van der Waals surface area (Å²) < 4.78 is 5.88. The minimum Gasteiger partial charge on any atom is -0.368 e. The Labute approximate surface area is 130 Å². The van der Waals surface area contributed by atoms with Crippen LogP contribution in [-0.4, -0.2) is 36.1 Å². The molecule has 1 aromatic heterocycles. The van der Waals surface area contributed by atoms with Crippen molar-refractivity contribution in [2.45, 2.75) is 25.9 Å². The van der Waals surface area contributed by atoms with Crippen LogP contribution >= 0.6 is 11.3 Å². The average molecular weight is 302 g/mol. The number of morpholine rings is 1. The first kappa shape index (κ1) is 14.7. The first-order chi connectivity index (χ1) is 10.3. The SMILES string of the molecule is Cc1csc([C@H]2CN(CCCc3ccccc3)CCO2)n1. The van der Waals surface area contributed by atoms with Gasteiger partial charge in [0.1, 0.15) is 11.1 Å². The minimum absolute atomic E-state index is 0.161. The lowest BCUT2D eigenvalue weighted by Gasteiger charge is -2.31. The van der Waals surface area contributed by atoms with E-state index in [1.54, 1.807) is 11.3 Å². The second kappa shape index (κ2) is 7.16. The summed E-state index contributed by atoms with van der Waals surface area (Å²) in [5.41, 5.74) is 2.53. The molecule has 1 aromatic carbocycles. The Morgan fingerprint density at radius 1 is 1.33 bits per heavy atom. The molecule has 1 fully saturated rings. The summed E-state index contributed by atoms with van der Waals surface area (Å²) in [6, 6.07) is 10.7. The second-order valence-corrected chi connectivity index (χ2v) is 6.47. The Morgan fingerprint density at radius 2 is 2.19 bits per heavy atom. The fourth-order valence-electron chi connectivity index (χ4n) is 2.73. The van der Waals surface area contributed by atoms with Crippen molar-refractivity contribution in [1.29, 1.82) is 0 Å². The van der Waals surface area contributed by atoms with Crippen LogP contribution < -0.4 is 0 Å². The maximum Gasteiger partial charge on any atom is 0.123 e. The van der Waals surface area contributed by atoms with E-state index < -0.39 is 0 Å². The molecule has 3 nitrogen and oxygen atoms in total. The van der Waals surface area contributed by atoms with Gasteiger partial charge in [-0.25, -0.2) is 4.98 Å². The first-order valence-corrected chi connectivity index (χ1v) is 8.49. The first-order valence-electron chi connectivity index (χ1n) is 7.61. The van der Waals surface area contributed by atoms with Crippen molar-refractivity contribution in [3.05, 3.63) is 52.0 Å². The van der Waals surface area contributed by atoms with E-state index in [9.17, 15) is 0 Å². The van der Waals surface area contributed by atoms with E-state index >= 15 is 0 Å². The summed E-state index contributed by atoms with van der Waals surface area (Å²) in [7, 11) is 0. The molecule has 0 amide bonds. The fourth-order valence-corrected chi connectivity index (χ4v) is 3.56. The summed E-state index contributed by atoms with van der Waals surface area (Å²) in [6.45, 7) is 6.01. The van der Waals surface area contributed by atoms with Crippen molar-refractivity contribution in [1.82, 2.24) is 9.88 Å². The van der Waals surface area contributed by atoms with Crippen LogP contribution in [0.25, 0.3) is 0 Å². The van der Waals surface area contributed by atoms with Crippen LogP contribution in [0.1, 0.15) is 28.8 Å². The molecule has 3 rings (SSSR count). The molecule has 0 aliphatic carbocycles. The van der Waals surface area contributed by atoms with Crippen LogP contribution in [-0.2, 0) is 11.2 Å². The van der Waals surface area contributed by atoms with Crippen LogP contribution in [0.2, 0.25) is 0 Å². The Balaban J connectivity index is 1.48. The standard InChI is InChI=1S/C17H22N2OS/c1-14-13-21-17(18-14)16-12-19(10-11-20-16)9-5-8-15-6-3-2-4-7-15/h2-4,6-7,13,16H,5,8-12H2,1H3/t16-/m1/s1. The van der Waals surface area contributed by atoms with Gasteiger partial charge in [0.15, 0.2) is 0 Å². The van der Waals surface area contributed by atoms with Crippen molar-refractivity contribution >= 4 is 11.3 Å². The zero-order valence-corrected chi connectivity index (χ0v) is 13.3. The molecule has 1 aliphatic rings. The van der Waals surface area contributed by atoms with Gasteiger partial charge in [-0.1, -0.05) is 30.3 Å². The average Bonchev–Trinajstić information content (AvgIpc) is 2.95. The van der Waals surface area contributed by atoms with Crippen LogP contribution in [0.5, 0.6) is 0 Å². The van der Waals surface area contributed by atoms with Gasteiger partial charge >= 0.3 is 0 Å². The van der Waals surface area contributed by atoms with Crippen LogP contribution in [0, 0.1) is 6.92 Å². The van der Waals surface area contributed by atoms with Gasteiger partial charge in [-0.15, -0.1) is 11.3 Å². The number of thiazole rings is 1. The highest BCUT2D eigenvalue weighted by Gasteiger charge is 2.23. The summed E-state index contributed by atoms with van der Waals surface area (Å²) in [5, 5.41) is 3.23. The van der Waals surface area contributed by atoms with Gasteiger partial charge in [0.25, 0.3) is 0 Å². The minimum atomic E-state index is 0.161. The predicted octanol–water partition coefficient (Wildman–Crippen LogP) is 3.46. The monoisotopic (exact) mass is 302 g/mol. The summed E-state index contributed by atoms with van der Waals surface area (Å²) in [6.07, 6.45) is 2.52. The molecule has 0 unspecified atom stereocenters. The lowest BCUT2D eigenvalue weighted by atomic mass is 10.1. The smallest absolute Gasteiger partial charge is 0.123 e. The van der Waals surface area contributed by atoms with Gasteiger partial charge in [0.2, 0.25) is 0 Å². The normalized spacial score (nSPS) is 19.8. The van der Waals surface area contributed by atoms with Gasteiger partial charge in [-0.05, 0) is 31.9 Å². The number of ether oxygens (including phenoxy) is 1. The van der Waals surface area contributed by atoms with E-state index in [1.807, 2.05) is 6.92 Å². The van der Waals surface area contributed by atoms with Crippen molar-refractivity contribution in [3.8, 4) is 0 Å². The summed E-state index contributed by atoms with van der Waals surface area (Å²) in [5.74, 6) is 0. The molecule has 0 radical (unpaired) electrons. The van der Waals surface area contributed by atoms with E-state index in [0.29, 0.717) is 0 Å². The Morgan fingerprint density at radius 3 is 2.95 bits per heavy atom. The number of hydrogen-bond acceptors (Lipinski definition) is 4. The third kappa shape index (κ3) is 4.13. The third-order valence-corrected chi connectivity index (χ3v) is 4.90. The molecule has 0 saturated carbocycles. The molecule has 2 aromatic rings. The maximum atomic E-state index is 5.88. The molecule has 0 bridgehead atoms. The summed E-state index contributed by atoms with van der Waals surface area (Å²) in [4.78, 5) is 7.07. The van der Waals surface area contributed by atoms with Crippen molar-refractivity contribution < 1.29 is 4.74 Å². The fraction of sp³-hybridized carbons (Fsp3) is 0.471. The molecule has 1 saturated heterocycles. The van der Waals surface area contributed by atoms with E-state index in [1.165, 1.54) is 12.0 Å². The van der Waals surface area contributed by atoms with Gasteiger partial charge in [0.05, 0.1) is 6.61 Å². The van der Waals surface area contributed by atoms with Crippen LogP contribution in [0.3, 0.4) is 0 Å². The van der Waals surface area contributed by atoms with E-state index in [2.05, 4.69) is 45.6 Å². The number of rotatable bonds is 5. The molecule has 112 valence electrons. The third-order valence-electron chi connectivity index (χ3n) is 3.85. The molecular weight excluding hydrogens is 280 g/mol. The zero-order valence-electron chi connectivity index (χ0n) is 12.5. The van der Waals surface area contributed by atoms with E-state index in [4.69, 9.17) is 4.74 Å². The lowest BCUT2D eigenvalue weighted by molar-refractivity contribution is -0.0303. The van der Waals surface area contributed by atoms with Crippen LogP contribution in [0.4, 0.5) is 0 Å². The topological polar surface area (TPSA) is 25.4 Å². The molecule has 0 N–H and O–H groups in total. The van der Waals surface area contributed by atoms with Gasteiger partial charge in [-0.3, -0.25) is 4.90 Å². The molecule has 1 aliphatic heterocycles. The number of aryl methyl sites for hydroxylation is 2. The van der Waals surface area contributed by atoms with E-state index in [0.717, 1.165) is 43.4 Å². The van der Waals surface area contributed by atoms with Crippen molar-refractivity contribution in [2.24, 2.45) is 0 Å². The van der Waals surface area contributed by atoms with Gasteiger partial charge in [-0.2, -0.15) is 0 Å². The van der Waals surface area contributed by atoms with Crippen LogP contribution in [0.15, 0.2) is 35.7 Å². The van der Waals surface area contributed by atoms with Gasteiger partial charge in [0, 0.05) is 24.2 Å². The van der Waals surface area contributed by atoms with Crippen molar-refractivity contribution in [3.63, 3.8) is 0 Å². The zero-order chi connectivity index (χ0) is 14.5. The lowest BCUT2D eigenvalue weighted by Crippen LogP contribution is -2.38. The number of hydrogen-bond donors (Lipinski definition) is 0. The molecular formula is C17H22N2OS. The highest BCUT2D eigenvalue weighted by molar-refractivity contribution is 7.09. The molecule has 2 heterocycles. The maximum absolute atomic E-state index is 5.88. The quantitative estimate of drug-likeness (QED) is 0.846. The molecule has 4 heteroatoms. The van der Waals surface area contributed by atoms with Gasteiger partial charge < -0.3 is 4.74 Å². The highest BCUT2D eigenvalue weighted by Crippen LogP contribution is 2.25. The Hall–Kier alpha value is -1.23. The largest absolute Gasteiger partial charge is 0.368 e. The van der Waals surface area contributed by atoms with Crippen molar-refractivity contribution in [2.75, 3.05) is 26.2 Å². The Bertz CT molecular complexity index is 555. The predicted molar refractivity (Wildman–Crippen MR) is 86.7 cm³/mol. The Kier molecular flexibility index (Phi) is 5.01. The van der Waals surface area contributed by atoms with E-state index in [-0.39, 0.29) is 6.10 Å². The summed E-state index contributed by atoms with van der Waals surface area (Å²) >= 11 is 1.72. The molecule has 0 spiro atoms. The molecule has 1 atom stereocenters.